The Hall–Kier alpha value is -0.860. The zero-order valence-corrected chi connectivity index (χ0v) is 8.82. The van der Waals surface area contributed by atoms with E-state index < -0.39 is 0 Å². The Morgan fingerprint density at radius 2 is 2.21 bits per heavy atom. The standard InChI is InChI=1S/C11H17NO2/c1-3-8-10-6-4-5-9(7(2)13)12(10)11(8)14/h8-10H,3-6H2,1-2H3. The second kappa shape index (κ2) is 3.37. The SMILES string of the molecule is CCC1C(=O)N2C(C(C)=O)CCCC12. The van der Waals surface area contributed by atoms with Crippen LogP contribution < -0.4 is 0 Å². The molecule has 1 amide bonds. The van der Waals surface area contributed by atoms with E-state index in [9.17, 15) is 9.59 Å². The Kier molecular flexibility index (Phi) is 2.33. The predicted molar refractivity (Wildman–Crippen MR) is 52.7 cm³/mol. The zero-order chi connectivity index (χ0) is 10.3. The number of rotatable bonds is 2. The number of Topliss-reactive ketones (excluding diaryl/α,β-unsaturated/α-hetero) is 1. The molecule has 2 aliphatic rings. The summed E-state index contributed by atoms with van der Waals surface area (Å²) in [6.07, 6.45) is 3.97. The average Bonchev–Trinajstić information content (AvgIpc) is 2.16. The van der Waals surface area contributed by atoms with Gasteiger partial charge in [-0.05, 0) is 32.6 Å². The third-order valence-corrected chi connectivity index (χ3v) is 3.62. The van der Waals surface area contributed by atoms with Crippen LogP contribution in [0.15, 0.2) is 0 Å². The molecule has 0 aromatic rings. The summed E-state index contributed by atoms with van der Waals surface area (Å²) < 4.78 is 0. The zero-order valence-electron chi connectivity index (χ0n) is 8.82. The number of carbonyl (C=O) groups excluding carboxylic acids is 2. The lowest BCUT2D eigenvalue weighted by atomic mass is 9.76. The van der Waals surface area contributed by atoms with Gasteiger partial charge >= 0.3 is 0 Å². The van der Waals surface area contributed by atoms with Crippen LogP contribution in [0, 0.1) is 5.92 Å². The minimum atomic E-state index is -0.107. The van der Waals surface area contributed by atoms with Crippen molar-refractivity contribution in [1.82, 2.24) is 4.90 Å². The van der Waals surface area contributed by atoms with Gasteiger partial charge in [0.2, 0.25) is 5.91 Å². The minimum absolute atomic E-state index is 0.107. The molecule has 2 aliphatic heterocycles. The average molecular weight is 195 g/mol. The van der Waals surface area contributed by atoms with Gasteiger partial charge in [-0.3, -0.25) is 9.59 Å². The van der Waals surface area contributed by atoms with Crippen molar-refractivity contribution in [1.29, 1.82) is 0 Å². The van der Waals surface area contributed by atoms with Crippen LogP contribution in [0.5, 0.6) is 0 Å². The van der Waals surface area contributed by atoms with E-state index in [1.807, 2.05) is 4.90 Å². The third-order valence-electron chi connectivity index (χ3n) is 3.62. The van der Waals surface area contributed by atoms with Gasteiger partial charge < -0.3 is 4.90 Å². The molecule has 0 N–H and O–H groups in total. The van der Waals surface area contributed by atoms with Crippen LogP contribution in [0.4, 0.5) is 0 Å². The van der Waals surface area contributed by atoms with Crippen molar-refractivity contribution in [2.45, 2.75) is 51.6 Å². The number of fused-ring (bicyclic) bond motifs is 1. The van der Waals surface area contributed by atoms with E-state index in [1.165, 1.54) is 0 Å². The largest absolute Gasteiger partial charge is 0.329 e. The maximum Gasteiger partial charge on any atom is 0.228 e. The molecule has 0 spiro atoms. The van der Waals surface area contributed by atoms with Crippen LogP contribution in [0.25, 0.3) is 0 Å². The molecule has 2 fully saturated rings. The maximum absolute atomic E-state index is 11.7. The van der Waals surface area contributed by atoms with Gasteiger partial charge in [0.25, 0.3) is 0 Å². The summed E-state index contributed by atoms with van der Waals surface area (Å²) in [6, 6.07) is 0.263. The fraction of sp³-hybridized carbons (Fsp3) is 0.818. The normalized spacial score (nSPS) is 36.3. The Morgan fingerprint density at radius 1 is 1.50 bits per heavy atom. The number of piperidine rings is 1. The number of carbonyl (C=O) groups is 2. The number of amides is 1. The maximum atomic E-state index is 11.7. The lowest BCUT2D eigenvalue weighted by Gasteiger charge is -2.53. The number of β-lactam (4-membered cyclic amide) rings is 1. The van der Waals surface area contributed by atoms with E-state index in [0.29, 0.717) is 6.04 Å². The lowest BCUT2D eigenvalue weighted by Crippen LogP contribution is -2.67. The molecule has 0 aliphatic carbocycles. The topological polar surface area (TPSA) is 37.4 Å². The molecule has 0 aromatic heterocycles. The van der Waals surface area contributed by atoms with E-state index in [2.05, 4.69) is 6.92 Å². The van der Waals surface area contributed by atoms with Gasteiger partial charge in [0.05, 0.1) is 12.0 Å². The molecule has 78 valence electrons. The number of nitrogens with zero attached hydrogens (tertiary/aromatic N) is 1. The fourth-order valence-corrected chi connectivity index (χ4v) is 2.86. The second-order valence-electron chi connectivity index (χ2n) is 4.38. The van der Waals surface area contributed by atoms with Gasteiger partial charge in [0, 0.05) is 6.04 Å². The van der Waals surface area contributed by atoms with Crippen LogP contribution in [-0.2, 0) is 9.59 Å². The van der Waals surface area contributed by atoms with Crippen molar-refractivity contribution in [2.75, 3.05) is 0 Å². The molecule has 3 heteroatoms. The molecular weight excluding hydrogens is 178 g/mol. The number of hydrogen-bond donors (Lipinski definition) is 0. The summed E-state index contributed by atoms with van der Waals surface area (Å²) in [7, 11) is 0. The summed E-state index contributed by atoms with van der Waals surface area (Å²) in [4.78, 5) is 24.9. The highest BCUT2D eigenvalue weighted by molar-refractivity contribution is 5.93. The highest BCUT2D eigenvalue weighted by atomic mass is 16.2. The Labute approximate surface area is 84.5 Å². The molecule has 0 aromatic carbocycles. The second-order valence-corrected chi connectivity index (χ2v) is 4.38. The van der Waals surface area contributed by atoms with Gasteiger partial charge in [0.15, 0.2) is 5.78 Å². The predicted octanol–water partition coefficient (Wildman–Crippen LogP) is 1.36. The minimum Gasteiger partial charge on any atom is -0.329 e. The summed E-state index contributed by atoms with van der Waals surface area (Å²) in [5.74, 6) is 0.562. The first-order valence-electron chi connectivity index (χ1n) is 5.49. The van der Waals surface area contributed by atoms with Gasteiger partial charge in [-0.15, -0.1) is 0 Å². The van der Waals surface area contributed by atoms with Crippen LogP contribution >= 0.6 is 0 Å². The molecule has 3 atom stereocenters. The highest BCUT2D eigenvalue weighted by Crippen LogP contribution is 2.39. The fourth-order valence-electron chi connectivity index (χ4n) is 2.86. The summed E-state index contributed by atoms with van der Waals surface area (Å²) in [6.45, 7) is 3.65. The first kappa shape index (κ1) is 9.69. The Balaban J connectivity index is 2.13. The molecule has 0 bridgehead atoms. The van der Waals surface area contributed by atoms with Crippen molar-refractivity contribution < 1.29 is 9.59 Å². The van der Waals surface area contributed by atoms with E-state index in [0.717, 1.165) is 25.7 Å². The summed E-state index contributed by atoms with van der Waals surface area (Å²) >= 11 is 0. The smallest absolute Gasteiger partial charge is 0.228 e. The van der Waals surface area contributed by atoms with E-state index >= 15 is 0 Å². The molecular formula is C11H17NO2. The van der Waals surface area contributed by atoms with Crippen molar-refractivity contribution in [3.05, 3.63) is 0 Å². The van der Waals surface area contributed by atoms with Crippen molar-refractivity contribution in [3.8, 4) is 0 Å². The van der Waals surface area contributed by atoms with Crippen LogP contribution in [-0.4, -0.2) is 28.7 Å². The third kappa shape index (κ3) is 1.18. The molecule has 2 saturated heterocycles. The van der Waals surface area contributed by atoms with E-state index in [1.54, 1.807) is 6.92 Å². The molecule has 14 heavy (non-hydrogen) atoms. The van der Waals surface area contributed by atoms with Crippen LogP contribution in [0.1, 0.15) is 39.5 Å². The van der Waals surface area contributed by atoms with Gasteiger partial charge in [-0.1, -0.05) is 6.92 Å². The lowest BCUT2D eigenvalue weighted by molar-refractivity contribution is -0.168. The Bertz CT molecular complexity index is 274. The monoisotopic (exact) mass is 195 g/mol. The van der Waals surface area contributed by atoms with Crippen LogP contribution in [0.3, 0.4) is 0 Å². The highest BCUT2D eigenvalue weighted by Gasteiger charge is 2.51. The first-order chi connectivity index (χ1) is 6.66. The molecule has 2 heterocycles. The molecule has 2 rings (SSSR count). The molecule has 0 saturated carbocycles. The van der Waals surface area contributed by atoms with E-state index in [4.69, 9.17) is 0 Å². The van der Waals surface area contributed by atoms with Gasteiger partial charge in [0.1, 0.15) is 0 Å². The van der Waals surface area contributed by atoms with Gasteiger partial charge in [-0.25, -0.2) is 0 Å². The van der Waals surface area contributed by atoms with E-state index in [-0.39, 0.29) is 23.7 Å². The molecule has 3 unspecified atom stereocenters. The quantitative estimate of drug-likeness (QED) is 0.624. The number of ketones is 1. The van der Waals surface area contributed by atoms with Crippen LogP contribution in [0.2, 0.25) is 0 Å². The van der Waals surface area contributed by atoms with Crippen molar-refractivity contribution >= 4 is 11.7 Å². The number of hydrogen-bond acceptors (Lipinski definition) is 2. The summed E-state index contributed by atoms with van der Waals surface area (Å²) in [5.41, 5.74) is 0. The summed E-state index contributed by atoms with van der Waals surface area (Å²) in [5, 5.41) is 0. The van der Waals surface area contributed by atoms with Crippen molar-refractivity contribution in [2.24, 2.45) is 5.92 Å². The van der Waals surface area contributed by atoms with Gasteiger partial charge in [-0.2, -0.15) is 0 Å². The van der Waals surface area contributed by atoms with Crippen molar-refractivity contribution in [3.63, 3.8) is 0 Å². The first-order valence-corrected chi connectivity index (χ1v) is 5.49. The Morgan fingerprint density at radius 3 is 2.79 bits per heavy atom. The molecule has 0 radical (unpaired) electrons. The molecule has 3 nitrogen and oxygen atoms in total.